The number of fused-ring (bicyclic) bond motifs is 2. The molecule has 194 valence electrons. The van der Waals surface area contributed by atoms with Gasteiger partial charge < -0.3 is 20.1 Å². The van der Waals surface area contributed by atoms with Gasteiger partial charge in [0, 0.05) is 23.6 Å². The number of anilines is 2. The molecule has 0 aliphatic rings. The Balaban J connectivity index is 1.33. The normalized spacial score (nSPS) is 11.9. The summed E-state index contributed by atoms with van der Waals surface area (Å²) in [7, 11) is 3.18. The van der Waals surface area contributed by atoms with Crippen LogP contribution in [0, 0.1) is 5.92 Å². The molecule has 2 N–H and O–H groups in total. The van der Waals surface area contributed by atoms with Gasteiger partial charge in [-0.15, -0.1) is 0 Å². The number of hydrogen-bond donors (Lipinski definition) is 2. The molecule has 1 unspecified atom stereocenters. The zero-order chi connectivity index (χ0) is 26.6. The van der Waals surface area contributed by atoms with E-state index >= 15 is 0 Å². The third kappa shape index (κ3) is 6.04. The maximum absolute atomic E-state index is 13.4. The molecule has 0 spiro atoms. The van der Waals surface area contributed by atoms with E-state index in [0.29, 0.717) is 33.2 Å². The van der Waals surface area contributed by atoms with E-state index in [1.165, 1.54) is 22.7 Å². The molecule has 0 saturated heterocycles. The number of hydrogen-bond acceptors (Lipinski definition) is 8. The second-order valence-corrected chi connectivity index (χ2v) is 11.0. The molecule has 0 bridgehead atoms. The quantitative estimate of drug-likeness (QED) is 0.214. The van der Waals surface area contributed by atoms with Crippen molar-refractivity contribution in [3.63, 3.8) is 0 Å². The van der Waals surface area contributed by atoms with Gasteiger partial charge >= 0.3 is 0 Å². The Morgan fingerprint density at radius 3 is 1.95 bits per heavy atom. The van der Waals surface area contributed by atoms with Crippen molar-refractivity contribution < 1.29 is 19.1 Å². The average molecular weight is 567 g/mol. The lowest BCUT2D eigenvalue weighted by Gasteiger charge is -2.15. The average Bonchev–Trinajstić information content (AvgIpc) is 3.50. The standard InChI is InChI=1S/C27H23ClN4O4S2/c1-35-18-7-9-22-20(13-18)29-26(37-22)31-24(33)12-16(11-15-3-5-17(28)6-4-15)25(34)32-27-30-21-14-19(36-2)8-10-23(21)38-27/h3-10,13-14,16H,11-12H2,1-2H3,(H,29,31,33)(H,30,32,34). The Morgan fingerprint density at radius 1 is 0.842 bits per heavy atom. The molecule has 5 aromatic rings. The SMILES string of the molecule is COc1ccc2sc(NC(=O)CC(Cc3ccc(Cl)cc3)C(=O)Nc3nc4cc(OC)ccc4s3)nc2c1. The van der Waals surface area contributed by atoms with Crippen LogP contribution in [0.5, 0.6) is 11.5 Å². The smallest absolute Gasteiger partial charge is 0.230 e. The van der Waals surface area contributed by atoms with Crippen LogP contribution in [0.25, 0.3) is 20.4 Å². The Morgan fingerprint density at radius 2 is 1.39 bits per heavy atom. The van der Waals surface area contributed by atoms with Crippen molar-refractivity contribution in [3.05, 3.63) is 71.2 Å². The van der Waals surface area contributed by atoms with Crippen LogP contribution in [0.3, 0.4) is 0 Å². The van der Waals surface area contributed by atoms with Gasteiger partial charge in [-0.1, -0.05) is 46.4 Å². The number of nitrogens with zero attached hydrogens (tertiary/aromatic N) is 2. The van der Waals surface area contributed by atoms with Gasteiger partial charge in [0.1, 0.15) is 11.5 Å². The first-order valence-corrected chi connectivity index (χ1v) is 13.7. The van der Waals surface area contributed by atoms with E-state index in [2.05, 4.69) is 20.6 Å². The highest BCUT2D eigenvalue weighted by Gasteiger charge is 2.24. The predicted molar refractivity (Wildman–Crippen MR) is 153 cm³/mol. The summed E-state index contributed by atoms with van der Waals surface area (Å²) in [6, 6.07) is 18.3. The molecule has 2 amide bonds. The fraction of sp³-hybridized carbons (Fsp3) is 0.185. The van der Waals surface area contributed by atoms with E-state index in [1.807, 2.05) is 48.5 Å². The summed E-state index contributed by atoms with van der Waals surface area (Å²) in [6.45, 7) is 0. The molecule has 5 rings (SSSR count). The zero-order valence-electron chi connectivity index (χ0n) is 20.5. The fourth-order valence-electron chi connectivity index (χ4n) is 3.94. The van der Waals surface area contributed by atoms with Crippen LogP contribution in [0.15, 0.2) is 60.7 Å². The van der Waals surface area contributed by atoms with Crippen LogP contribution in [-0.4, -0.2) is 36.0 Å². The summed E-state index contributed by atoms with van der Waals surface area (Å²) >= 11 is 8.76. The first kappa shape index (κ1) is 25.9. The largest absolute Gasteiger partial charge is 0.497 e. The number of carbonyl (C=O) groups excluding carboxylic acids is 2. The maximum atomic E-state index is 13.4. The van der Waals surface area contributed by atoms with E-state index in [1.54, 1.807) is 26.4 Å². The van der Waals surface area contributed by atoms with Crippen molar-refractivity contribution in [2.24, 2.45) is 5.92 Å². The van der Waals surface area contributed by atoms with Gasteiger partial charge in [0.2, 0.25) is 11.8 Å². The van der Waals surface area contributed by atoms with Gasteiger partial charge in [0.25, 0.3) is 0 Å². The van der Waals surface area contributed by atoms with Gasteiger partial charge in [0.05, 0.1) is 40.6 Å². The number of ether oxygens (including phenoxy) is 2. The monoisotopic (exact) mass is 566 g/mol. The number of thiazole rings is 2. The molecule has 3 aromatic carbocycles. The zero-order valence-corrected chi connectivity index (χ0v) is 22.9. The molecule has 1 atom stereocenters. The second kappa shape index (κ2) is 11.3. The second-order valence-electron chi connectivity index (χ2n) is 8.47. The fourth-order valence-corrected chi connectivity index (χ4v) is 5.78. The van der Waals surface area contributed by atoms with Crippen LogP contribution in [-0.2, 0) is 16.0 Å². The topological polar surface area (TPSA) is 102 Å². The number of benzene rings is 3. The van der Waals surface area contributed by atoms with Crippen molar-refractivity contribution in [1.82, 2.24) is 9.97 Å². The molecular formula is C27H23ClN4O4S2. The van der Waals surface area contributed by atoms with E-state index < -0.39 is 5.92 Å². The number of nitrogens with one attached hydrogen (secondary N) is 2. The lowest BCUT2D eigenvalue weighted by atomic mass is 9.95. The number of methoxy groups -OCH3 is 2. The van der Waals surface area contributed by atoms with Crippen LogP contribution < -0.4 is 20.1 Å². The Kier molecular flexibility index (Phi) is 7.73. The molecule has 2 heterocycles. The highest BCUT2D eigenvalue weighted by molar-refractivity contribution is 7.22. The Labute approximate surface area is 231 Å². The summed E-state index contributed by atoms with van der Waals surface area (Å²) in [6.07, 6.45) is 0.318. The molecule has 0 saturated carbocycles. The minimum absolute atomic E-state index is 0.0353. The van der Waals surface area contributed by atoms with Crippen LogP contribution in [0.4, 0.5) is 10.3 Å². The molecule has 38 heavy (non-hydrogen) atoms. The molecule has 0 fully saturated rings. The van der Waals surface area contributed by atoms with Crippen molar-refractivity contribution >= 4 is 76.8 Å². The van der Waals surface area contributed by atoms with Gasteiger partial charge in [0.15, 0.2) is 10.3 Å². The Bertz CT molecular complexity index is 1620. The summed E-state index contributed by atoms with van der Waals surface area (Å²) in [4.78, 5) is 35.4. The minimum atomic E-state index is -0.646. The number of rotatable bonds is 9. The van der Waals surface area contributed by atoms with E-state index in [4.69, 9.17) is 21.1 Å². The number of halogens is 1. The lowest BCUT2D eigenvalue weighted by molar-refractivity contribution is -0.124. The van der Waals surface area contributed by atoms with E-state index in [0.717, 1.165) is 26.0 Å². The van der Waals surface area contributed by atoms with E-state index in [9.17, 15) is 9.59 Å². The van der Waals surface area contributed by atoms with Crippen LogP contribution in [0.2, 0.25) is 5.02 Å². The molecule has 0 aliphatic heterocycles. The third-order valence-corrected chi connectivity index (χ3v) is 8.02. The number of carbonyl (C=O) groups is 2. The van der Waals surface area contributed by atoms with Crippen molar-refractivity contribution in [3.8, 4) is 11.5 Å². The summed E-state index contributed by atoms with van der Waals surface area (Å²) in [5, 5.41) is 7.27. The van der Waals surface area contributed by atoms with Crippen LogP contribution in [0.1, 0.15) is 12.0 Å². The number of amides is 2. The Hall–Kier alpha value is -3.73. The first-order valence-electron chi connectivity index (χ1n) is 11.6. The lowest BCUT2D eigenvalue weighted by Crippen LogP contribution is -2.29. The highest BCUT2D eigenvalue weighted by atomic mass is 35.5. The molecule has 11 heteroatoms. The molecule has 2 aromatic heterocycles. The highest BCUT2D eigenvalue weighted by Crippen LogP contribution is 2.31. The maximum Gasteiger partial charge on any atom is 0.230 e. The summed E-state index contributed by atoms with van der Waals surface area (Å²) < 4.78 is 12.3. The van der Waals surface area contributed by atoms with Crippen molar-refractivity contribution in [2.45, 2.75) is 12.8 Å². The van der Waals surface area contributed by atoms with Crippen LogP contribution >= 0.6 is 34.3 Å². The molecule has 0 radical (unpaired) electrons. The summed E-state index contributed by atoms with van der Waals surface area (Å²) in [5.41, 5.74) is 2.35. The molecular weight excluding hydrogens is 544 g/mol. The number of aromatic nitrogens is 2. The van der Waals surface area contributed by atoms with Gasteiger partial charge in [-0.25, -0.2) is 9.97 Å². The van der Waals surface area contributed by atoms with Gasteiger partial charge in [-0.2, -0.15) is 0 Å². The van der Waals surface area contributed by atoms with Crippen molar-refractivity contribution in [1.29, 1.82) is 0 Å². The van der Waals surface area contributed by atoms with Gasteiger partial charge in [-0.05, 0) is 48.4 Å². The van der Waals surface area contributed by atoms with Crippen molar-refractivity contribution in [2.75, 3.05) is 24.9 Å². The minimum Gasteiger partial charge on any atom is -0.497 e. The van der Waals surface area contributed by atoms with E-state index in [-0.39, 0.29) is 18.2 Å². The third-order valence-electron chi connectivity index (χ3n) is 5.86. The molecule has 0 aliphatic carbocycles. The first-order chi connectivity index (χ1) is 18.4. The summed E-state index contributed by atoms with van der Waals surface area (Å²) in [5.74, 6) is 0.126. The predicted octanol–water partition coefficient (Wildman–Crippen LogP) is 6.40. The van der Waals surface area contributed by atoms with Gasteiger partial charge in [-0.3, -0.25) is 9.59 Å². The molecule has 8 nitrogen and oxygen atoms in total.